The van der Waals surface area contributed by atoms with E-state index in [2.05, 4.69) is 15.6 Å². The standard InChI is InChI=1S/C11H15N5O2S2/c1-6(2)16-10(18)14-15-11(16)19-5-7-3-4-8(20-7)9(17)13-12/h3-4,6H,5,12H2,1-2H3,(H,13,17)(H,14,18). The highest BCUT2D eigenvalue weighted by molar-refractivity contribution is 7.98. The summed E-state index contributed by atoms with van der Waals surface area (Å²) in [5.41, 5.74) is 1.89. The summed E-state index contributed by atoms with van der Waals surface area (Å²) in [6, 6.07) is 3.64. The molecule has 2 aromatic heterocycles. The molecule has 0 saturated heterocycles. The van der Waals surface area contributed by atoms with Gasteiger partial charge in [-0.3, -0.25) is 14.8 Å². The number of rotatable bonds is 5. The predicted molar refractivity (Wildman–Crippen MR) is 78.8 cm³/mol. The monoisotopic (exact) mass is 313 g/mol. The summed E-state index contributed by atoms with van der Waals surface area (Å²) in [4.78, 5) is 24.5. The second-order valence-electron chi connectivity index (χ2n) is 4.30. The first-order valence-corrected chi connectivity index (χ1v) is 7.72. The normalized spacial score (nSPS) is 11.0. The SMILES string of the molecule is CC(C)n1c(SCc2ccc(C(=O)NN)s2)n[nH]c1=O. The molecule has 9 heteroatoms. The Morgan fingerprint density at radius 2 is 2.35 bits per heavy atom. The van der Waals surface area contributed by atoms with Crippen molar-refractivity contribution in [2.24, 2.45) is 5.84 Å². The summed E-state index contributed by atoms with van der Waals surface area (Å²) in [6.45, 7) is 3.85. The number of hydrogen-bond donors (Lipinski definition) is 3. The van der Waals surface area contributed by atoms with E-state index in [0.29, 0.717) is 15.8 Å². The fourth-order valence-electron chi connectivity index (χ4n) is 1.63. The topological polar surface area (TPSA) is 106 Å². The molecule has 2 heterocycles. The number of carbonyl (C=O) groups excluding carboxylic acids is 1. The van der Waals surface area contributed by atoms with Gasteiger partial charge < -0.3 is 0 Å². The molecule has 0 aromatic carbocycles. The van der Waals surface area contributed by atoms with Gasteiger partial charge in [-0.25, -0.2) is 15.7 Å². The Labute approximate surface area is 123 Å². The van der Waals surface area contributed by atoms with Gasteiger partial charge >= 0.3 is 5.69 Å². The van der Waals surface area contributed by atoms with E-state index < -0.39 is 0 Å². The molecular formula is C11H15N5O2S2. The van der Waals surface area contributed by atoms with Gasteiger partial charge in [0.1, 0.15) is 0 Å². The van der Waals surface area contributed by atoms with Crippen LogP contribution >= 0.6 is 23.1 Å². The van der Waals surface area contributed by atoms with Crippen molar-refractivity contribution in [3.8, 4) is 0 Å². The average Bonchev–Trinajstić information content (AvgIpc) is 3.02. The number of thiophene rings is 1. The van der Waals surface area contributed by atoms with Crippen LogP contribution in [-0.4, -0.2) is 20.7 Å². The van der Waals surface area contributed by atoms with Crippen molar-refractivity contribution in [1.82, 2.24) is 20.2 Å². The molecule has 0 unspecified atom stereocenters. The highest BCUT2D eigenvalue weighted by atomic mass is 32.2. The van der Waals surface area contributed by atoms with Crippen LogP contribution in [0.5, 0.6) is 0 Å². The first-order valence-electron chi connectivity index (χ1n) is 5.92. The number of hydrogen-bond acceptors (Lipinski definition) is 6. The first kappa shape index (κ1) is 14.8. The number of aromatic nitrogens is 3. The van der Waals surface area contributed by atoms with Crippen LogP contribution in [0.2, 0.25) is 0 Å². The van der Waals surface area contributed by atoms with Gasteiger partial charge in [-0.05, 0) is 26.0 Å². The molecule has 0 aliphatic carbocycles. The highest BCUT2D eigenvalue weighted by Gasteiger charge is 2.13. The maximum Gasteiger partial charge on any atom is 0.344 e. The van der Waals surface area contributed by atoms with Crippen LogP contribution in [0.3, 0.4) is 0 Å². The summed E-state index contributed by atoms with van der Waals surface area (Å²) < 4.78 is 1.60. The molecule has 0 aliphatic rings. The maximum absolute atomic E-state index is 11.6. The van der Waals surface area contributed by atoms with Crippen LogP contribution in [0.1, 0.15) is 34.4 Å². The minimum Gasteiger partial charge on any atom is -0.289 e. The van der Waals surface area contributed by atoms with Gasteiger partial charge in [0.15, 0.2) is 5.16 Å². The molecule has 0 fully saturated rings. The number of hydrazine groups is 1. The van der Waals surface area contributed by atoms with Gasteiger partial charge in [-0.2, -0.15) is 0 Å². The third-order valence-corrected chi connectivity index (χ3v) is 4.82. The van der Waals surface area contributed by atoms with Gasteiger partial charge in [0.2, 0.25) is 0 Å². The van der Waals surface area contributed by atoms with Gasteiger partial charge in [0.25, 0.3) is 5.91 Å². The summed E-state index contributed by atoms with van der Waals surface area (Å²) in [7, 11) is 0. The Bertz CT molecular complexity index is 658. The third kappa shape index (κ3) is 3.11. The smallest absolute Gasteiger partial charge is 0.289 e. The molecule has 1 amide bonds. The number of carbonyl (C=O) groups is 1. The maximum atomic E-state index is 11.6. The van der Waals surface area contributed by atoms with Crippen molar-refractivity contribution in [3.63, 3.8) is 0 Å². The number of aromatic amines is 1. The number of H-pyrrole nitrogens is 1. The minimum atomic E-state index is -0.301. The second kappa shape index (κ2) is 6.25. The van der Waals surface area contributed by atoms with E-state index in [1.165, 1.54) is 23.1 Å². The molecule has 108 valence electrons. The summed E-state index contributed by atoms with van der Waals surface area (Å²) in [5, 5.41) is 7.09. The largest absolute Gasteiger partial charge is 0.344 e. The zero-order chi connectivity index (χ0) is 14.7. The predicted octanol–water partition coefficient (Wildman–Crippen LogP) is 1.11. The summed E-state index contributed by atoms with van der Waals surface area (Å²) >= 11 is 2.82. The number of amides is 1. The van der Waals surface area contributed by atoms with E-state index in [4.69, 9.17) is 5.84 Å². The van der Waals surface area contributed by atoms with Crippen molar-refractivity contribution in [2.45, 2.75) is 30.8 Å². The molecule has 0 saturated carbocycles. The molecule has 20 heavy (non-hydrogen) atoms. The lowest BCUT2D eigenvalue weighted by atomic mass is 10.4. The lowest BCUT2D eigenvalue weighted by molar-refractivity contribution is 0.0957. The van der Waals surface area contributed by atoms with E-state index in [1.807, 2.05) is 19.9 Å². The van der Waals surface area contributed by atoms with Gasteiger partial charge in [-0.15, -0.1) is 16.4 Å². The Hall–Kier alpha value is -1.58. The Balaban J connectivity index is 2.08. The minimum absolute atomic E-state index is 0.0469. The van der Waals surface area contributed by atoms with Crippen LogP contribution in [0.25, 0.3) is 0 Å². The van der Waals surface area contributed by atoms with E-state index in [9.17, 15) is 9.59 Å². The van der Waals surface area contributed by atoms with Gasteiger partial charge in [0, 0.05) is 16.7 Å². The van der Waals surface area contributed by atoms with Crippen molar-refractivity contribution < 1.29 is 4.79 Å². The van der Waals surface area contributed by atoms with E-state index in [1.54, 1.807) is 10.6 Å². The first-order chi connectivity index (χ1) is 9.52. The quantitative estimate of drug-likeness (QED) is 0.332. The van der Waals surface area contributed by atoms with Crippen LogP contribution in [0.15, 0.2) is 22.1 Å². The fraction of sp³-hybridized carbons (Fsp3) is 0.364. The highest BCUT2D eigenvalue weighted by Crippen LogP contribution is 2.26. The van der Waals surface area contributed by atoms with Crippen LogP contribution in [0, 0.1) is 0 Å². The molecule has 4 N–H and O–H groups in total. The van der Waals surface area contributed by atoms with Gasteiger partial charge in [0.05, 0.1) is 4.88 Å². The second-order valence-corrected chi connectivity index (χ2v) is 6.41. The Kier molecular flexibility index (Phi) is 4.63. The van der Waals surface area contributed by atoms with Crippen LogP contribution in [0.4, 0.5) is 0 Å². The van der Waals surface area contributed by atoms with Crippen molar-refractivity contribution in [1.29, 1.82) is 0 Å². The zero-order valence-electron chi connectivity index (χ0n) is 11.0. The third-order valence-electron chi connectivity index (χ3n) is 2.55. The summed E-state index contributed by atoms with van der Waals surface area (Å²) in [6.07, 6.45) is 0. The van der Waals surface area contributed by atoms with E-state index in [-0.39, 0.29) is 17.6 Å². The fourth-order valence-corrected chi connectivity index (χ4v) is 3.66. The molecule has 0 aliphatic heterocycles. The number of nitrogens with two attached hydrogens (primary N) is 1. The zero-order valence-corrected chi connectivity index (χ0v) is 12.7. The van der Waals surface area contributed by atoms with Crippen molar-refractivity contribution >= 4 is 29.0 Å². The van der Waals surface area contributed by atoms with Crippen LogP contribution < -0.4 is 17.0 Å². The lowest BCUT2D eigenvalue weighted by Crippen LogP contribution is -2.29. The molecule has 2 aromatic rings. The molecule has 2 rings (SSSR count). The molecule has 7 nitrogen and oxygen atoms in total. The molecule has 0 radical (unpaired) electrons. The van der Waals surface area contributed by atoms with E-state index >= 15 is 0 Å². The Morgan fingerprint density at radius 3 is 3.00 bits per heavy atom. The number of nitrogens with one attached hydrogen (secondary N) is 2. The molecule has 0 bridgehead atoms. The van der Waals surface area contributed by atoms with Crippen molar-refractivity contribution in [3.05, 3.63) is 32.4 Å². The van der Waals surface area contributed by atoms with Gasteiger partial charge in [-0.1, -0.05) is 11.8 Å². The molecule has 0 atom stereocenters. The van der Waals surface area contributed by atoms with Crippen molar-refractivity contribution in [2.75, 3.05) is 0 Å². The average molecular weight is 313 g/mol. The number of nitrogen functional groups attached to an aromatic ring is 1. The van der Waals surface area contributed by atoms with Crippen LogP contribution in [-0.2, 0) is 5.75 Å². The Morgan fingerprint density at radius 1 is 1.60 bits per heavy atom. The molecule has 0 spiro atoms. The number of nitrogens with zero attached hydrogens (tertiary/aromatic N) is 2. The lowest BCUT2D eigenvalue weighted by Gasteiger charge is -2.07. The number of thioether (sulfide) groups is 1. The summed E-state index contributed by atoms with van der Waals surface area (Å²) in [5.74, 6) is 5.42. The van der Waals surface area contributed by atoms with E-state index in [0.717, 1.165) is 4.88 Å². The molecular weight excluding hydrogens is 298 g/mol.